The summed E-state index contributed by atoms with van der Waals surface area (Å²) < 4.78 is 6.89. The third-order valence-corrected chi connectivity index (χ3v) is 12.1. The van der Waals surface area contributed by atoms with E-state index in [0.717, 1.165) is 82.9 Å². The molecule has 0 amide bonds. The number of rotatable bonds is 5. The first-order valence-electron chi connectivity index (χ1n) is 20.0. The van der Waals surface area contributed by atoms with E-state index in [1.165, 1.54) is 21.8 Å². The molecule has 0 aliphatic carbocycles. The Hall–Kier alpha value is -8.13. The Morgan fingerprint density at radius 3 is 1.17 bits per heavy atom. The van der Waals surface area contributed by atoms with Gasteiger partial charge in [0, 0.05) is 38.0 Å². The molecule has 4 heteroatoms. The Balaban J connectivity index is 1.10. The second-order valence-corrected chi connectivity index (χ2v) is 15.2. The Morgan fingerprint density at radius 2 is 0.661 bits per heavy atom. The van der Waals surface area contributed by atoms with E-state index in [-0.39, 0.29) is 0 Å². The van der Waals surface area contributed by atoms with Gasteiger partial charge in [-0.15, -0.1) is 0 Å². The van der Waals surface area contributed by atoms with Crippen LogP contribution in [-0.4, -0.2) is 13.7 Å². The number of para-hydroxylation sites is 4. The van der Waals surface area contributed by atoms with E-state index in [2.05, 4.69) is 226 Å². The zero-order chi connectivity index (χ0) is 39.0. The molecule has 0 fully saturated rings. The van der Waals surface area contributed by atoms with Crippen molar-refractivity contribution in [3.8, 4) is 45.4 Å². The van der Waals surface area contributed by atoms with Crippen molar-refractivity contribution in [2.24, 2.45) is 0 Å². The first-order valence-corrected chi connectivity index (χ1v) is 20.0. The molecule has 0 atom stereocenters. The van der Waals surface area contributed by atoms with Crippen molar-refractivity contribution in [2.45, 2.75) is 0 Å². The van der Waals surface area contributed by atoms with Crippen LogP contribution in [0.5, 0.6) is 0 Å². The second kappa shape index (κ2) is 13.0. The highest BCUT2D eigenvalue weighted by atomic mass is 15.0. The molecule has 0 unspecified atom stereocenters. The van der Waals surface area contributed by atoms with Crippen molar-refractivity contribution in [1.29, 1.82) is 5.26 Å². The maximum Gasteiger partial charge on any atom is 0.104 e. The average Bonchev–Trinajstić information content (AvgIpc) is 3.94. The molecule has 274 valence electrons. The number of hydrogen-bond acceptors (Lipinski definition) is 1. The molecule has 0 spiro atoms. The van der Waals surface area contributed by atoms with Crippen LogP contribution >= 0.6 is 0 Å². The Kier molecular flexibility index (Phi) is 7.26. The van der Waals surface area contributed by atoms with Gasteiger partial charge in [0.1, 0.15) is 11.6 Å². The van der Waals surface area contributed by atoms with Crippen LogP contribution in [0.15, 0.2) is 206 Å². The van der Waals surface area contributed by atoms with Gasteiger partial charge in [-0.3, -0.25) is 0 Å². The molecular formula is C55H34N4. The van der Waals surface area contributed by atoms with Gasteiger partial charge in [-0.25, -0.2) is 0 Å². The van der Waals surface area contributed by atoms with Crippen molar-refractivity contribution in [1.82, 2.24) is 13.7 Å². The molecule has 0 radical (unpaired) electrons. The van der Waals surface area contributed by atoms with Crippen LogP contribution in [0.1, 0.15) is 5.56 Å². The lowest BCUT2D eigenvalue weighted by Crippen LogP contribution is -2.04. The van der Waals surface area contributed by atoms with Gasteiger partial charge in [0.05, 0.1) is 44.5 Å². The maximum atomic E-state index is 11.1. The molecule has 0 saturated heterocycles. The summed E-state index contributed by atoms with van der Waals surface area (Å²) in [6.07, 6.45) is 0. The van der Waals surface area contributed by atoms with Crippen molar-refractivity contribution >= 4 is 65.4 Å². The summed E-state index contributed by atoms with van der Waals surface area (Å²) in [5.41, 5.74) is 14.7. The van der Waals surface area contributed by atoms with Crippen LogP contribution in [0, 0.1) is 11.3 Å². The standard InChI is InChI=1S/C55H34N4/c56-35-47-51(58-49-22-11-7-18-41(49)42-19-8-12-23-50(42)58)24-13-25-52(47)59-54-30-26-37(36-14-3-1-4-15-36)32-45(54)46-34-39(28-31-55(46)59)38-27-29-53-44(33-38)43-20-9-10-21-48(43)57(53)40-16-5-2-6-17-40/h1-34H. The second-order valence-electron chi connectivity index (χ2n) is 15.2. The summed E-state index contributed by atoms with van der Waals surface area (Å²) in [7, 11) is 0. The minimum Gasteiger partial charge on any atom is -0.309 e. The molecule has 3 aromatic heterocycles. The number of aromatic nitrogens is 3. The minimum absolute atomic E-state index is 0.620. The first kappa shape index (κ1) is 33.1. The van der Waals surface area contributed by atoms with Gasteiger partial charge < -0.3 is 13.7 Å². The SMILES string of the molecule is N#Cc1c(-n2c3ccccc3c3ccccc32)cccc1-n1c2ccc(-c3ccccc3)cc2c2cc(-c3ccc4c(c3)c3ccccc3n4-c3ccccc3)ccc21. The third-order valence-electron chi connectivity index (χ3n) is 12.1. The zero-order valence-corrected chi connectivity index (χ0v) is 31.9. The Labute approximate surface area is 340 Å². The quantitative estimate of drug-likeness (QED) is 0.173. The molecular weight excluding hydrogens is 717 g/mol. The van der Waals surface area contributed by atoms with E-state index in [0.29, 0.717) is 5.56 Å². The van der Waals surface area contributed by atoms with E-state index in [9.17, 15) is 5.26 Å². The fourth-order valence-electron chi connectivity index (χ4n) is 9.48. The van der Waals surface area contributed by atoms with Gasteiger partial charge in [0.25, 0.3) is 0 Å². The number of hydrogen-bond donors (Lipinski definition) is 0. The third kappa shape index (κ3) is 4.95. The molecule has 0 aliphatic rings. The molecule has 0 aliphatic heterocycles. The highest BCUT2D eigenvalue weighted by Gasteiger charge is 2.22. The van der Waals surface area contributed by atoms with Crippen molar-refractivity contribution < 1.29 is 0 Å². The topological polar surface area (TPSA) is 38.6 Å². The van der Waals surface area contributed by atoms with Crippen molar-refractivity contribution in [3.63, 3.8) is 0 Å². The molecule has 0 saturated carbocycles. The Morgan fingerprint density at radius 1 is 0.288 bits per heavy atom. The molecule has 9 aromatic carbocycles. The van der Waals surface area contributed by atoms with Gasteiger partial charge in [0.2, 0.25) is 0 Å². The predicted molar refractivity (Wildman–Crippen MR) is 245 cm³/mol. The normalized spacial score (nSPS) is 11.7. The molecule has 59 heavy (non-hydrogen) atoms. The smallest absolute Gasteiger partial charge is 0.104 e. The van der Waals surface area contributed by atoms with Gasteiger partial charge in [-0.1, -0.05) is 127 Å². The van der Waals surface area contributed by atoms with E-state index in [4.69, 9.17) is 0 Å². The van der Waals surface area contributed by atoms with E-state index in [1.807, 2.05) is 0 Å². The van der Waals surface area contributed by atoms with Crippen LogP contribution in [-0.2, 0) is 0 Å². The molecule has 12 rings (SSSR count). The van der Waals surface area contributed by atoms with E-state index < -0.39 is 0 Å². The first-order chi connectivity index (χ1) is 29.2. The van der Waals surface area contributed by atoms with Crippen LogP contribution < -0.4 is 0 Å². The van der Waals surface area contributed by atoms with Crippen LogP contribution in [0.25, 0.3) is 105 Å². The van der Waals surface area contributed by atoms with Gasteiger partial charge in [0.15, 0.2) is 0 Å². The lowest BCUT2D eigenvalue weighted by molar-refractivity contribution is 1.12. The fourth-order valence-corrected chi connectivity index (χ4v) is 9.48. The fraction of sp³-hybridized carbons (Fsp3) is 0. The lowest BCUT2D eigenvalue weighted by Gasteiger charge is -2.16. The number of fused-ring (bicyclic) bond motifs is 9. The number of benzene rings is 9. The van der Waals surface area contributed by atoms with Crippen LogP contribution in [0.3, 0.4) is 0 Å². The molecule has 3 heterocycles. The van der Waals surface area contributed by atoms with E-state index in [1.54, 1.807) is 0 Å². The maximum absolute atomic E-state index is 11.1. The van der Waals surface area contributed by atoms with Gasteiger partial charge >= 0.3 is 0 Å². The summed E-state index contributed by atoms with van der Waals surface area (Å²) in [6.45, 7) is 0. The molecule has 0 bridgehead atoms. The summed E-state index contributed by atoms with van der Waals surface area (Å²) in [5.74, 6) is 0. The molecule has 12 aromatic rings. The Bertz CT molecular complexity index is 3620. The zero-order valence-electron chi connectivity index (χ0n) is 31.9. The summed E-state index contributed by atoms with van der Waals surface area (Å²) >= 11 is 0. The highest BCUT2D eigenvalue weighted by Crippen LogP contribution is 2.41. The lowest BCUT2D eigenvalue weighted by atomic mass is 9.99. The molecule has 4 nitrogen and oxygen atoms in total. The minimum atomic E-state index is 0.620. The van der Waals surface area contributed by atoms with Gasteiger partial charge in [-0.2, -0.15) is 5.26 Å². The predicted octanol–water partition coefficient (Wildman–Crippen LogP) is 14.2. The van der Waals surface area contributed by atoms with Crippen molar-refractivity contribution in [2.75, 3.05) is 0 Å². The molecule has 0 N–H and O–H groups in total. The average molecular weight is 751 g/mol. The largest absolute Gasteiger partial charge is 0.309 e. The van der Waals surface area contributed by atoms with E-state index >= 15 is 0 Å². The van der Waals surface area contributed by atoms with Gasteiger partial charge in [-0.05, 0) is 101 Å². The monoisotopic (exact) mass is 750 g/mol. The summed E-state index contributed by atoms with van der Waals surface area (Å²) in [4.78, 5) is 0. The van der Waals surface area contributed by atoms with Crippen LogP contribution in [0.4, 0.5) is 0 Å². The summed E-state index contributed by atoms with van der Waals surface area (Å²) in [5, 5.41) is 18.2. The highest BCUT2D eigenvalue weighted by molar-refractivity contribution is 6.14. The summed E-state index contributed by atoms with van der Waals surface area (Å²) in [6, 6.07) is 76.1. The van der Waals surface area contributed by atoms with Crippen molar-refractivity contribution in [3.05, 3.63) is 212 Å². The van der Waals surface area contributed by atoms with Crippen LogP contribution in [0.2, 0.25) is 0 Å². The number of nitrogens with zero attached hydrogens (tertiary/aromatic N) is 4. The number of nitriles is 1.